The van der Waals surface area contributed by atoms with Crippen LogP contribution in [0, 0.1) is 0 Å². The van der Waals surface area contributed by atoms with Crippen molar-refractivity contribution in [1.29, 1.82) is 0 Å². The largest absolute Gasteiger partial charge is 0.326 e. The Balaban J connectivity index is 1.70. The number of carbonyl (C=O) groups excluding carboxylic acids is 1. The molecule has 0 spiro atoms. The van der Waals surface area contributed by atoms with Gasteiger partial charge in [0.2, 0.25) is 5.91 Å². The Labute approximate surface area is 198 Å². The summed E-state index contributed by atoms with van der Waals surface area (Å²) in [6.45, 7) is 1.50. The molecule has 0 saturated carbocycles. The summed E-state index contributed by atoms with van der Waals surface area (Å²) in [5.41, 5.74) is 11.7. The lowest BCUT2D eigenvalue weighted by Crippen LogP contribution is -2.21. The maximum Gasteiger partial charge on any atom is 0.221 e. The van der Waals surface area contributed by atoms with Gasteiger partial charge in [0.1, 0.15) is 0 Å². The van der Waals surface area contributed by atoms with Crippen LogP contribution in [0.2, 0.25) is 5.02 Å². The van der Waals surface area contributed by atoms with E-state index in [1.165, 1.54) is 18.7 Å². The molecule has 8 heteroatoms. The van der Waals surface area contributed by atoms with Gasteiger partial charge in [0.15, 0.2) is 5.50 Å². The Kier molecular flexibility index (Phi) is 5.65. The Morgan fingerprint density at radius 1 is 1.12 bits per heavy atom. The van der Waals surface area contributed by atoms with Gasteiger partial charge in [-0.2, -0.15) is 0 Å². The molecule has 2 aromatic carbocycles. The van der Waals surface area contributed by atoms with E-state index in [1.54, 1.807) is 11.3 Å². The van der Waals surface area contributed by atoms with Gasteiger partial charge in [-0.3, -0.25) is 9.79 Å². The van der Waals surface area contributed by atoms with Gasteiger partial charge >= 0.3 is 0 Å². The molecule has 1 atom stereocenters. The molecule has 5 rings (SSSR count). The summed E-state index contributed by atoms with van der Waals surface area (Å²) >= 11 is 9.34. The van der Waals surface area contributed by atoms with Crippen LogP contribution in [-0.4, -0.2) is 21.7 Å². The average molecular weight is 479 g/mol. The zero-order chi connectivity index (χ0) is 22.2. The molecule has 160 valence electrons. The van der Waals surface area contributed by atoms with E-state index in [0.717, 1.165) is 43.8 Å². The minimum absolute atomic E-state index is 0.0973. The maximum absolute atomic E-state index is 11.4. The van der Waals surface area contributed by atoms with Crippen LogP contribution in [0.15, 0.2) is 82.1 Å². The fraction of sp³-hybridized carbons (Fsp3) is 0.0833. The Bertz CT molecular complexity index is 1310. The third-order valence-corrected chi connectivity index (χ3v) is 7.14. The Morgan fingerprint density at radius 3 is 2.53 bits per heavy atom. The Morgan fingerprint density at radius 2 is 1.88 bits per heavy atom. The second kappa shape index (κ2) is 8.60. The molecule has 0 radical (unpaired) electrons. The van der Waals surface area contributed by atoms with E-state index in [9.17, 15) is 4.79 Å². The first-order chi connectivity index (χ1) is 15.5. The number of amides is 1. The fourth-order valence-electron chi connectivity index (χ4n) is 3.71. The Hall–Kier alpha value is -2.84. The number of hydrogen-bond donors (Lipinski definition) is 2. The first kappa shape index (κ1) is 21.0. The fourth-order valence-corrected chi connectivity index (χ4v) is 5.55. The second-order valence-corrected chi connectivity index (χ2v) is 9.77. The van der Waals surface area contributed by atoms with E-state index >= 15 is 0 Å². The van der Waals surface area contributed by atoms with Crippen molar-refractivity contribution in [3.8, 4) is 16.9 Å². The SMILES string of the molecule is CC(=O)Nc1ccc(-c2cc3c(n2-c2ccc(Cl)cc2)SC(N)N=C3c2cccs2)cc1. The monoisotopic (exact) mass is 478 g/mol. The van der Waals surface area contributed by atoms with Gasteiger partial charge in [-0.25, -0.2) is 0 Å². The molecule has 0 saturated heterocycles. The van der Waals surface area contributed by atoms with Crippen LogP contribution in [-0.2, 0) is 4.79 Å². The predicted octanol–water partition coefficient (Wildman–Crippen LogP) is 6.00. The first-order valence-corrected chi connectivity index (χ1v) is 12.1. The molecule has 1 amide bonds. The van der Waals surface area contributed by atoms with Gasteiger partial charge in [0.25, 0.3) is 0 Å². The number of nitrogens with zero attached hydrogens (tertiary/aromatic N) is 2. The smallest absolute Gasteiger partial charge is 0.221 e. The molecule has 5 nitrogen and oxygen atoms in total. The van der Waals surface area contributed by atoms with Crippen LogP contribution in [0.25, 0.3) is 16.9 Å². The van der Waals surface area contributed by atoms with Crippen molar-refractivity contribution < 1.29 is 4.79 Å². The molecule has 1 aliphatic heterocycles. The zero-order valence-electron chi connectivity index (χ0n) is 17.1. The van der Waals surface area contributed by atoms with Gasteiger partial charge in [-0.05, 0) is 59.5 Å². The van der Waals surface area contributed by atoms with E-state index < -0.39 is 5.50 Å². The number of aliphatic imine (C=N–C) groups is 1. The summed E-state index contributed by atoms with van der Waals surface area (Å²) in [6, 6.07) is 21.8. The number of thioether (sulfide) groups is 1. The maximum atomic E-state index is 11.4. The van der Waals surface area contributed by atoms with Crippen molar-refractivity contribution in [2.24, 2.45) is 10.7 Å². The lowest BCUT2D eigenvalue weighted by Gasteiger charge is -2.20. The topological polar surface area (TPSA) is 72.4 Å². The molecule has 0 bridgehead atoms. The van der Waals surface area contributed by atoms with Crippen LogP contribution in [0.1, 0.15) is 17.4 Å². The van der Waals surface area contributed by atoms with Crippen molar-refractivity contribution in [2.45, 2.75) is 17.4 Å². The summed E-state index contributed by atoms with van der Waals surface area (Å²) in [5, 5.41) is 6.58. The second-order valence-electron chi connectivity index (χ2n) is 7.28. The predicted molar refractivity (Wildman–Crippen MR) is 134 cm³/mol. The van der Waals surface area contributed by atoms with Crippen LogP contribution >= 0.6 is 34.7 Å². The standard InChI is InChI=1S/C24H19ClN4OS2/c1-14(30)27-17-8-4-15(5-9-17)20-13-19-22(21-3-2-12-31-21)28-24(26)32-23(19)29(20)18-10-6-16(25)7-11-18/h2-13,24H,26H2,1H3,(H,27,30). The van der Waals surface area contributed by atoms with E-state index in [1.807, 2.05) is 60.0 Å². The molecule has 0 fully saturated rings. The van der Waals surface area contributed by atoms with Crippen molar-refractivity contribution >= 4 is 52.0 Å². The zero-order valence-corrected chi connectivity index (χ0v) is 19.5. The molecular formula is C24H19ClN4OS2. The number of thiophene rings is 1. The highest BCUT2D eigenvalue weighted by molar-refractivity contribution is 8.00. The molecule has 0 aliphatic carbocycles. The highest BCUT2D eigenvalue weighted by Crippen LogP contribution is 2.41. The van der Waals surface area contributed by atoms with Gasteiger partial charge in [0, 0.05) is 28.9 Å². The van der Waals surface area contributed by atoms with E-state index in [-0.39, 0.29) is 5.91 Å². The number of halogens is 1. The van der Waals surface area contributed by atoms with Crippen LogP contribution < -0.4 is 11.1 Å². The number of benzene rings is 2. The molecule has 32 heavy (non-hydrogen) atoms. The van der Waals surface area contributed by atoms with Crippen LogP contribution in [0.4, 0.5) is 5.69 Å². The van der Waals surface area contributed by atoms with E-state index in [2.05, 4.69) is 22.0 Å². The quantitative estimate of drug-likeness (QED) is 0.377. The lowest BCUT2D eigenvalue weighted by molar-refractivity contribution is -0.114. The van der Waals surface area contributed by atoms with Crippen molar-refractivity contribution in [1.82, 2.24) is 4.57 Å². The highest BCUT2D eigenvalue weighted by Gasteiger charge is 2.28. The molecule has 3 heterocycles. The van der Waals surface area contributed by atoms with Crippen molar-refractivity contribution in [3.05, 3.63) is 87.6 Å². The molecule has 3 N–H and O–H groups in total. The van der Waals surface area contributed by atoms with E-state index in [4.69, 9.17) is 22.3 Å². The van der Waals surface area contributed by atoms with Gasteiger partial charge < -0.3 is 15.6 Å². The summed E-state index contributed by atoms with van der Waals surface area (Å²) < 4.78 is 2.20. The minimum Gasteiger partial charge on any atom is -0.326 e. The van der Waals surface area contributed by atoms with Gasteiger partial charge in [-0.15, -0.1) is 11.3 Å². The number of anilines is 1. The molecular weight excluding hydrogens is 460 g/mol. The molecule has 4 aromatic rings. The molecule has 1 aliphatic rings. The summed E-state index contributed by atoms with van der Waals surface area (Å²) in [6.07, 6.45) is 0. The summed E-state index contributed by atoms with van der Waals surface area (Å²) in [4.78, 5) is 17.2. The lowest BCUT2D eigenvalue weighted by atomic mass is 10.1. The number of nitrogens with one attached hydrogen (secondary N) is 1. The minimum atomic E-state index is -0.393. The first-order valence-electron chi connectivity index (χ1n) is 9.93. The van der Waals surface area contributed by atoms with E-state index in [0.29, 0.717) is 5.02 Å². The summed E-state index contributed by atoms with van der Waals surface area (Å²) in [5.74, 6) is -0.0973. The molecule has 1 unspecified atom stereocenters. The van der Waals surface area contributed by atoms with Crippen LogP contribution in [0.5, 0.6) is 0 Å². The number of rotatable bonds is 4. The highest BCUT2D eigenvalue weighted by atomic mass is 35.5. The van der Waals surface area contributed by atoms with Gasteiger partial charge in [0.05, 0.1) is 21.3 Å². The van der Waals surface area contributed by atoms with Crippen molar-refractivity contribution in [2.75, 3.05) is 5.32 Å². The normalized spacial score (nSPS) is 15.2. The number of fused-ring (bicyclic) bond motifs is 1. The van der Waals surface area contributed by atoms with Crippen molar-refractivity contribution in [3.63, 3.8) is 0 Å². The molecule has 2 aromatic heterocycles. The number of aromatic nitrogens is 1. The number of nitrogens with two attached hydrogens (primary N) is 1. The van der Waals surface area contributed by atoms with Crippen LogP contribution in [0.3, 0.4) is 0 Å². The summed E-state index contributed by atoms with van der Waals surface area (Å²) in [7, 11) is 0. The number of hydrogen-bond acceptors (Lipinski definition) is 5. The third kappa shape index (κ3) is 4.00. The average Bonchev–Trinajstić information content (AvgIpc) is 3.42. The number of carbonyl (C=O) groups is 1. The third-order valence-electron chi connectivity index (χ3n) is 5.04. The van der Waals surface area contributed by atoms with Gasteiger partial charge in [-0.1, -0.05) is 41.6 Å².